The summed E-state index contributed by atoms with van der Waals surface area (Å²) in [6.45, 7) is 4.71. The Kier molecular flexibility index (Phi) is 4.42. The predicted molar refractivity (Wildman–Crippen MR) is 89.6 cm³/mol. The Morgan fingerprint density at radius 3 is 2.43 bits per heavy atom. The molecule has 1 N–H and O–H groups in total. The third-order valence-corrected chi connectivity index (χ3v) is 5.06. The van der Waals surface area contributed by atoms with Crippen molar-refractivity contribution in [3.05, 3.63) is 35.9 Å². The summed E-state index contributed by atoms with van der Waals surface area (Å²) in [6.07, 6.45) is 4.29. The highest BCUT2D eigenvalue weighted by atomic mass is 16.2. The van der Waals surface area contributed by atoms with E-state index in [1.54, 1.807) is 0 Å². The topological polar surface area (TPSA) is 49.4 Å². The summed E-state index contributed by atoms with van der Waals surface area (Å²) in [5, 5.41) is 3.08. The summed E-state index contributed by atoms with van der Waals surface area (Å²) in [6, 6.07) is 9.62. The van der Waals surface area contributed by atoms with E-state index in [2.05, 4.69) is 19.2 Å². The smallest absolute Gasteiger partial charge is 0.249 e. The Balaban J connectivity index is 1.90. The van der Waals surface area contributed by atoms with Crippen LogP contribution in [0.3, 0.4) is 0 Å². The molecule has 0 radical (unpaired) electrons. The number of hydrogen-bond donors (Lipinski definition) is 1. The van der Waals surface area contributed by atoms with Gasteiger partial charge in [0.15, 0.2) is 0 Å². The summed E-state index contributed by atoms with van der Waals surface area (Å²) in [4.78, 5) is 27.8. The van der Waals surface area contributed by atoms with Crippen LogP contribution in [0.15, 0.2) is 30.3 Å². The van der Waals surface area contributed by atoms with E-state index in [-0.39, 0.29) is 17.9 Å². The number of nitrogens with zero attached hydrogens (tertiary/aromatic N) is 1. The lowest BCUT2D eigenvalue weighted by molar-refractivity contribution is -0.156. The molecular formula is C19H26N2O2. The van der Waals surface area contributed by atoms with Crippen LogP contribution in [0.2, 0.25) is 0 Å². The SMILES string of the molecule is CC(C)CC1C(=O)NC2(CCCC2)C(=O)N1Cc1ccccc1. The van der Waals surface area contributed by atoms with Crippen molar-refractivity contribution in [2.24, 2.45) is 5.92 Å². The maximum Gasteiger partial charge on any atom is 0.249 e. The molecular weight excluding hydrogens is 288 g/mol. The van der Waals surface area contributed by atoms with Crippen LogP contribution in [0.4, 0.5) is 0 Å². The van der Waals surface area contributed by atoms with Crippen molar-refractivity contribution in [3.63, 3.8) is 0 Å². The van der Waals surface area contributed by atoms with Gasteiger partial charge >= 0.3 is 0 Å². The lowest BCUT2D eigenvalue weighted by Crippen LogP contribution is -2.69. The van der Waals surface area contributed by atoms with Gasteiger partial charge in [-0.05, 0) is 30.7 Å². The minimum atomic E-state index is -0.640. The molecule has 2 aliphatic rings. The minimum Gasteiger partial charge on any atom is -0.340 e. The molecule has 1 saturated heterocycles. The molecule has 23 heavy (non-hydrogen) atoms. The van der Waals surface area contributed by atoms with Gasteiger partial charge in [-0.3, -0.25) is 9.59 Å². The van der Waals surface area contributed by atoms with Crippen molar-refractivity contribution < 1.29 is 9.59 Å². The Bertz CT molecular complexity index is 576. The molecule has 1 saturated carbocycles. The van der Waals surface area contributed by atoms with Crippen molar-refractivity contribution in [2.75, 3.05) is 0 Å². The molecule has 3 rings (SSSR count). The normalized spacial score (nSPS) is 23.6. The molecule has 2 amide bonds. The first-order valence-corrected chi connectivity index (χ1v) is 8.69. The maximum absolute atomic E-state index is 13.2. The molecule has 1 aromatic rings. The van der Waals surface area contributed by atoms with Crippen molar-refractivity contribution in [3.8, 4) is 0 Å². The first kappa shape index (κ1) is 16.0. The Hall–Kier alpha value is -1.84. The zero-order valence-electron chi connectivity index (χ0n) is 14.0. The van der Waals surface area contributed by atoms with Crippen molar-refractivity contribution >= 4 is 11.8 Å². The number of rotatable bonds is 4. The third-order valence-electron chi connectivity index (χ3n) is 5.06. The first-order valence-electron chi connectivity index (χ1n) is 8.69. The van der Waals surface area contributed by atoms with E-state index >= 15 is 0 Å². The van der Waals surface area contributed by atoms with Gasteiger partial charge in [0, 0.05) is 6.54 Å². The third kappa shape index (κ3) is 3.12. The molecule has 0 aromatic heterocycles. The number of piperazine rings is 1. The molecule has 1 unspecified atom stereocenters. The molecule has 1 aliphatic heterocycles. The van der Waals surface area contributed by atoms with Crippen LogP contribution >= 0.6 is 0 Å². The second kappa shape index (κ2) is 6.34. The van der Waals surface area contributed by atoms with E-state index < -0.39 is 5.54 Å². The Morgan fingerprint density at radius 2 is 1.83 bits per heavy atom. The van der Waals surface area contributed by atoms with Crippen molar-refractivity contribution in [2.45, 2.75) is 64.1 Å². The molecule has 0 bridgehead atoms. The minimum absolute atomic E-state index is 0.0242. The molecule has 1 spiro atoms. The summed E-state index contributed by atoms with van der Waals surface area (Å²) in [5.74, 6) is 0.509. The fourth-order valence-corrected chi connectivity index (χ4v) is 3.89. The first-order chi connectivity index (χ1) is 11.0. The summed E-state index contributed by atoms with van der Waals surface area (Å²) >= 11 is 0. The zero-order valence-corrected chi connectivity index (χ0v) is 14.0. The average Bonchev–Trinajstić information content (AvgIpc) is 2.99. The van der Waals surface area contributed by atoms with Gasteiger partial charge in [0.05, 0.1) is 0 Å². The van der Waals surface area contributed by atoms with Gasteiger partial charge in [-0.1, -0.05) is 57.0 Å². The lowest BCUT2D eigenvalue weighted by atomic mass is 9.88. The molecule has 4 heteroatoms. The fourth-order valence-electron chi connectivity index (χ4n) is 3.89. The van der Waals surface area contributed by atoms with Crippen molar-refractivity contribution in [1.29, 1.82) is 0 Å². The van der Waals surface area contributed by atoms with Crippen LogP contribution in [0.1, 0.15) is 51.5 Å². The molecule has 124 valence electrons. The van der Waals surface area contributed by atoms with E-state index in [1.165, 1.54) is 0 Å². The van der Waals surface area contributed by atoms with E-state index in [1.807, 2.05) is 35.2 Å². The number of carbonyl (C=O) groups is 2. The second-order valence-electron chi connectivity index (χ2n) is 7.34. The van der Waals surface area contributed by atoms with Crippen LogP contribution < -0.4 is 5.32 Å². The molecule has 1 aromatic carbocycles. The van der Waals surface area contributed by atoms with E-state index in [0.717, 1.165) is 31.2 Å². The quantitative estimate of drug-likeness (QED) is 0.929. The monoisotopic (exact) mass is 314 g/mol. The van der Waals surface area contributed by atoms with Crippen LogP contribution in [-0.4, -0.2) is 28.3 Å². The summed E-state index contributed by atoms with van der Waals surface area (Å²) in [7, 11) is 0. The van der Waals surface area contributed by atoms with E-state index in [9.17, 15) is 9.59 Å². The van der Waals surface area contributed by atoms with Gasteiger partial charge in [-0.15, -0.1) is 0 Å². The number of benzene rings is 1. The maximum atomic E-state index is 13.2. The highest BCUT2D eigenvalue weighted by Crippen LogP contribution is 2.36. The second-order valence-corrected chi connectivity index (χ2v) is 7.34. The number of hydrogen-bond acceptors (Lipinski definition) is 2. The molecule has 1 heterocycles. The number of carbonyl (C=O) groups excluding carboxylic acids is 2. The highest BCUT2D eigenvalue weighted by molar-refractivity contribution is 6.00. The molecule has 1 atom stereocenters. The van der Waals surface area contributed by atoms with Gasteiger partial charge in [0.2, 0.25) is 11.8 Å². The summed E-state index contributed by atoms with van der Waals surface area (Å²) in [5.41, 5.74) is 0.441. The number of amides is 2. The number of nitrogens with one attached hydrogen (secondary N) is 1. The van der Waals surface area contributed by atoms with Gasteiger partial charge in [-0.2, -0.15) is 0 Å². The zero-order chi connectivity index (χ0) is 16.4. The molecule has 4 nitrogen and oxygen atoms in total. The fraction of sp³-hybridized carbons (Fsp3) is 0.579. The van der Waals surface area contributed by atoms with Crippen LogP contribution in [0.25, 0.3) is 0 Å². The lowest BCUT2D eigenvalue weighted by Gasteiger charge is -2.45. The van der Waals surface area contributed by atoms with Gasteiger partial charge < -0.3 is 10.2 Å². The molecule has 1 aliphatic carbocycles. The molecule has 2 fully saturated rings. The van der Waals surface area contributed by atoms with Crippen LogP contribution in [0.5, 0.6) is 0 Å². The highest BCUT2D eigenvalue weighted by Gasteiger charge is 2.51. The average molecular weight is 314 g/mol. The van der Waals surface area contributed by atoms with Crippen molar-refractivity contribution in [1.82, 2.24) is 10.2 Å². The van der Waals surface area contributed by atoms with Crippen LogP contribution in [-0.2, 0) is 16.1 Å². The standard InChI is InChI=1S/C19H26N2O2/c1-14(2)12-16-17(22)20-19(10-6-7-11-19)18(23)21(16)13-15-8-4-3-5-9-15/h3-5,8-9,14,16H,6-7,10-13H2,1-2H3,(H,20,22). The Morgan fingerprint density at radius 1 is 1.17 bits per heavy atom. The van der Waals surface area contributed by atoms with Crippen LogP contribution in [0, 0.1) is 5.92 Å². The van der Waals surface area contributed by atoms with Gasteiger partial charge in [0.1, 0.15) is 11.6 Å². The van der Waals surface area contributed by atoms with E-state index in [4.69, 9.17) is 0 Å². The largest absolute Gasteiger partial charge is 0.340 e. The van der Waals surface area contributed by atoms with Gasteiger partial charge in [-0.25, -0.2) is 0 Å². The Labute approximate surface area is 138 Å². The summed E-state index contributed by atoms with van der Waals surface area (Å²) < 4.78 is 0. The van der Waals surface area contributed by atoms with Gasteiger partial charge in [0.25, 0.3) is 0 Å². The predicted octanol–water partition coefficient (Wildman–Crippen LogP) is 2.87. The van der Waals surface area contributed by atoms with E-state index in [0.29, 0.717) is 18.9 Å².